The summed E-state index contributed by atoms with van der Waals surface area (Å²) in [7, 11) is 3.50. The summed E-state index contributed by atoms with van der Waals surface area (Å²) in [5.41, 5.74) is -0.170. The third-order valence-corrected chi connectivity index (χ3v) is 8.20. The van der Waals surface area contributed by atoms with Gasteiger partial charge in [-0.05, 0) is 64.0 Å². The summed E-state index contributed by atoms with van der Waals surface area (Å²) in [6.45, 7) is 2.45. The maximum Gasteiger partial charge on any atom is 0.421 e. The summed E-state index contributed by atoms with van der Waals surface area (Å²) in [4.78, 5) is 37.0. The average Bonchev–Trinajstić information content (AvgIpc) is 2.94. The summed E-state index contributed by atoms with van der Waals surface area (Å²) in [5.74, 6) is -0.268. The van der Waals surface area contributed by atoms with Gasteiger partial charge in [0, 0.05) is 36.8 Å². The van der Waals surface area contributed by atoms with E-state index in [0.717, 1.165) is 51.4 Å². The van der Waals surface area contributed by atoms with Crippen molar-refractivity contribution in [3.63, 3.8) is 0 Å². The molecular weight excluding hydrogens is 539 g/mol. The van der Waals surface area contributed by atoms with E-state index < -0.39 is 11.7 Å². The highest BCUT2D eigenvalue weighted by molar-refractivity contribution is 5.95. The SMILES string of the molecule is COc1cc(C(=O)NC2CCN(C)CC2)ccc1Nc1ncc(C(F)(F)F)c(N[C@@H]2CCCC[C@H]2N2CCC2=O)n1. The molecule has 0 spiro atoms. The molecule has 3 aliphatic rings. The molecule has 1 saturated carbocycles. The first-order valence-corrected chi connectivity index (χ1v) is 14.1. The number of carbonyl (C=O) groups excluding carboxylic acids is 2. The van der Waals surface area contributed by atoms with Crippen LogP contribution in [0.25, 0.3) is 0 Å². The number of amides is 2. The zero-order valence-corrected chi connectivity index (χ0v) is 23.3. The lowest BCUT2D eigenvalue weighted by Crippen LogP contribution is -2.57. The summed E-state index contributed by atoms with van der Waals surface area (Å²) in [6, 6.07) is 4.38. The lowest BCUT2D eigenvalue weighted by Gasteiger charge is -2.44. The quantitative estimate of drug-likeness (QED) is 0.405. The molecule has 0 unspecified atom stereocenters. The Hall–Kier alpha value is -3.61. The fraction of sp³-hybridized carbons (Fsp3) is 0.571. The molecule has 5 rings (SSSR count). The predicted octanol–water partition coefficient (Wildman–Crippen LogP) is 4.03. The Morgan fingerprint density at radius 3 is 2.51 bits per heavy atom. The Morgan fingerprint density at radius 2 is 1.85 bits per heavy atom. The molecule has 13 heteroatoms. The van der Waals surface area contributed by atoms with Gasteiger partial charge in [0.15, 0.2) is 0 Å². The number of halogens is 3. The van der Waals surface area contributed by atoms with E-state index in [9.17, 15) is 22.8 Å². The zero-order chi connectivity index (χ0) is 29.1. The molecule has 2 aliphatic heterocycles. The van der Waals surface area contributed by atoms with Crippen molar-refractivity contribution in [2.24, 2.45) is 0 Å². The molecule has 3 fully saturated rings. The second-order valence-corrected chi connectivity index (χ2v) is 11.0. The Morgan fingerprint density at radius 1 is 1.10 bits per heavy atom. The smallest absolute Gasteiger partial charge is 0.421 e. The number of carbonyl (C=O) groups is 2. The summed E-state index contributed by atoms with van der Waals surface area (Å²) in [5, 5.41) is 9.00. The molecule has 10 nitrogen and oxygen atoms in total. The third-order valence-electron chi connectivity index (χ3n) is 8.20. The Bertz CT molecular complexity index is 1270. The van der Waals surface area contributed by atoms with E-state index >= 15 is 0 Å². The lowest BCUT2D eigenvalue weighted by molar-refractivity contribution is -0.144. The normalized spacial score (nSPS) is 22.2. The molecule has 1 aromatic heterocycles. The van der Waals surface area contributed by atoms with Gasteiger partial charge in [0.05, 0.1) is 18.8 Å². The van der Waals surface area contributed by atoms with Crippen LogP contribution in [0, 0.1) is 0 Å². The summed E-state index contributed by atoms with van der Waals surface area (Å²) < 4.78 is 47.2. The van der Waals surface area contributed by atoms with Gasteiger partial charge in [-0.1, -0.05) is 12.8 Å². The number of ether oxygens (including phenoxy) is 1. The van der Waals surface area contributed by atoms with Gasteiger partial charge in [0.2, 0.25) is 11.9 Å². The van der Waals surface area contributed by atoms with E-state index in [1.807, 2.05) is 0 Å². The van der Waals surface area contributed by atoms with Crippen LogP contribution in [0.3, 0.4) is 0 Å². The van der Waals surface area contributed by atoms with Crippen molar-refractivity contribution in [3.8, 4) is 5.75 Å². The van der Waals surface area contributed by atoms with Crippen molar-refractivity contribution in [2.45, 2.75) is 69.2 Å². The monoisotopic (exact) mass is 575 g/mol. The zero-order valence-electron chi connectivity index (χ0n) is 23.3. The molecule has 1 aromatic carbocycles. The number of likely N-dealkylation sites (tertiary alicyclic amines) is 2. The van der Waals surface area contributed by atoms with Crippen molar-refractivity contribution in [1.29, 1.82) is 0 Å². The fourth-order valence-corrected chi connectivity index (χ4v) is 5.75. The van der Waals surface area contributed by atoms with Gasteiger partial charge >= 0.3 is 6.18 Å². The maximum absolute atomic E-state index is 13.9. The number of benzene rings is 1. The van der Waals surface area contributed by atoms with Crippen molar-refractivity contribution < 1.29 is 27.5 Å². The van der Waals surface area contributed by atoms with E-state index in [0.29, 0.717) is 36.4 Å². The minimum Gasteiger partial charge on any atom is -0.495 e. The highest BCUT2D eigenvalue weighted by Crippen LogP contribution is 2.37. The maximum atomic E-state index is 13.9. The first-order valence-electron chi connectivity index (χ1n) is 14.1. The van der Waals surface area contributed by atoms with Crippen LogP contribution in [0.1, 0.15) is 60.9 Å². The molecule has 41 heavy (non-hydrogen) atoms. The second kappa shape index (κ2) is 12.1. The van der Waals surface area contributed by atoms with Crippen LogP contribution in [0.15, 0.2) is 24.4 Å². The van der Waals surface area contributed by atoms with Gasteiger partial charge in [0.25, 0.3) is 5.91 Å². The lowest BCUT2D eigenvalue weighted by atomic mass is 9.87. The molecule has 3 heterocycles. The molecular formula is C28H36F3N7O3. The Kier molecular flexibility index (Phi) is 8.52. The van der Waals surface area contributed by atoms with Crippen LogP contribution in [-0.4, -0.2) is 83.5 Å². The molecule has 0 radical (unpaired) electrons. The van der Waals surface area contributed by atoms with Crippen molar-refractivity contribution >= 4 is 29.3 Å². The van der Waals surface area contributed by atoms with E-state index in [1.165, 1.54) is 7.11 Å². The van der Waals surface area contributed by atoms with E-state index in [-0.39, 0.29) is 41.7 Å². The minimum absolute atomic E-state index is 0.0281. The third kappa shape index (κ3) is 6.66. The standard InChI is InChI=1S/C28H36F3N7O3/c1-37-12-9-18(10-13-37)33-26(40)17-7-8-21(23(15-17)41-2)35-27-32-16-19(28(29,30)31)25(36-27)34-20-5-3-4-6-22(20)38-14-11-24(38)39/h7-8,15-16,18,20,22H,3-6,9-14H2,1-2H3,(H,33,40)(H2,32,34,35,36)/t20-,22-/m1/s1. The number of hydrogen-bond donors (Lipinski definition) is 3. The number of hydrogen-bond acceptors (Lipinski definition) is 8. The number of β-lactam (4-membered cyclic amide) rings is 1. The first kappa shape index (κ1) is 28.9. The van der Waals surface area contributed by atoms with Crippen molar-refractivity contribution in [2.75, 3.05) is 44.4 Å². The van der Waals surface area contributed by atoms with Crippen LogP contribution in [0.2, 0.25) is 0 Å². The number of aromatic nitrogens is 2. The second-order valence-electron chi connectivity index (χ2n) is 11.0. The fourth-order valence-electron chi connectivity index (χ4n) is 5.75. The van der Waals surface area contributed by atoms with E-state index in [2.05, 4.69) is 37.9 Å². The van der Waals surface area contributed by atoms with Gasteiger partial charge in [0.1, 0.15) is 17.1 Å². The van der Waals surface area contributed by atoms with E-state index in [4.69, 9.17) is 4.74 Å². The minimum atomic E-state index is -4.67. The highest BCUT2D eigenvalue weighted by Gasteiger charge is 2.40. The molecule has 2 saturated heterocycles. The summed E-state index contributed by atoms with van der Waals surface area (Å²) >= 11 is 0. The molecule has 2 amide bonds. The van der Waals surface area contributed by atoms with Crippen molar-refractivity contribution in [3.05, 3.63) is 35.5 Å². The number of methoxy groups -OCH3 is 1. The number of nitrogens with one attached hydrogen (secondary N) is 3. The summed E-state index contributed by atoms with van der Waals surface area (Å²) in [6.07, 6.45) is 1.43. The van der Waals surface area contributed by atoms with Crippen LogP contribution >= 0.6 is 0 Å². The number of rotatable bonds is 8. The van der Waals surface area contributed by atoms with Gasteiger partial charge in [-0.3, -0.25) is 9.59 Å². The van der Waals surface area contributed by atoms with Gasteiger partial charge in [-0.2, -0.15) is 18.2 Å². The van der Waals surface area contributed by atoms with Crippen LogP contribution in [0.4, 0.5) is 30.6 Å². The molecule has 0 bridgehead atoms. The van der Waals surface area contributed by atoms with Gasteiger partial charge < -0.3 is 30.5 Å². The molecule has 2 aromatic rings. The average molecular weight is 576 g/mol. The number of piperidine rings is 1. The number of anilines is 3. The first-order chi connectivity index (χ1) is 19.6. The molecule has 3 N–H and O–H groups in total. The largest absolute Gasteiger partial charge is 0.495 e. The van der Waals surface area contributed by atoms with Crippen molar-refractivity contribution in [1.82, 2.24) is 25.1 Å². The Labute approximate surface area is 237 Å². The van der Waals surface area contributed by atoms with Crippen LogP contribution in [-0.2, 0) is 11.0 Å². The number of alkyl halides is 3. The predicted molar refractivity (Wildman–Crippen MR) is 147 cm³/mol. The van der Waals surface area contributed by atoms with Crippen LogP contribution < -0.4 is 20.7 Å². The molecule has 2 atom stereocenters. The van der Waals surface area contributed by atoms with Crippen LogP contribution in [0.5, 0.6) is 5.75 Å². The highest BCUT2D eigenvalue weighted by atomic mass is 19.4. The number of nitrogens with zero attached hydrogens (tertiary/aromatic N) is 4. The topological polar surface area (TPSA) is 112 Å². The van der Waals surface area contributed by atoms with Gasteiger partial charge in [-0.25, -0.2) is 4.98 Å². The molecule has 1 aliphatic carbocycles. The Balaban J connectivity index is 1.34. The van der Waals surface area contributed by atoms with E-state index in [1.54, 1.807) is 23.1 Å². The van der Waals surface area contributed by atoms with Gasteiger partial charge in [-0.15, -0.1) is 0 Å². The molecule has 222 valence electrons.